The van der Waals surface area contributed by atoms with E-state index >= 15 is 0 Å². The Kier molecular flexibility index (Phi) is 7.10. The molecule has 6 nitrogen and oxygen atoms in total. The van der Waals surface area contributed by atoms with Crippen molar-refractivity contribution in [2.24, 2.45) is 0 Å². The number of carbonyl (C=O) groups excluding carboxylic acids is 2. The highest BCUT2D eigenvalue weighted by molar-refractivity contribution is 5.92. The van der Waals surface area contributed by atoms with Crippen molar-refractivity contribution in [1.29, 1.82) is 0 Å². The molecule has 2 amide bonds. The van der Waals surface area contributed by atoms with E-state index in [2.05, 4.69) is 10.6 Å². The van der Waals surface area contributed by atoms with Crippen molar-refractivity contribution < 1.29 is 19.1 Å². The average molecular weight is 348 g/mol. The lowest BCUT2D eigenvalue weighted by molar-refractivity contribution is -0.135. The van der Waals surface area contributed by atoms with Crippen LogP contribution >= 0.6 is 0 Å². The maximum Gasteiger partial charge on any atom is 0.258 e. The number of carbonyl (C=O) groups is 2. The van der Waals surface area contributed by atoms with Gasteiger partial charge in [-0.15, -0.1) is 0 Å². The summed E-state index contributed by atoms with van der Waals surface area (Å²) in [5.74, 6) is 0.704. The lowest BCUT2D eigenvalue weighted by Crippen LogP contribution is -2.60. The summed E-state index contributed by atoms with van der Waals surface area (Å²) in [6.07, 6.45) is 5.18. The maximum atomic E-state index is 12.6. The minimum absolute atomic E-state index is 0.0836. The number of benzene rings is 1. The Hall–Kier alpha value is -2.24. The third-order valence-corrected chi connectivity index (χ3v) is 4.48. The number of rotatable bonds is 8. The van der Waals surface area contributed by atoms with Gasteiger partial charge in [0.2, 0.25) is 5.91 Å². The normalized spacial score (nSPS) is 15.9. The molecule has 0 aliphatic heterocycles. The van der Waals surface area contributed by atoms with Gasteiger partial charge in [0, 0.05) is 6.54 Å². The fourth-order valence-electron chi connectivity index (χ4n) is 3.16. The smallest absolute Gasteiger partial charge is 0.258 e. The molecular weight excluding hydrogens is 320 g/mol. The van der Waals surface area contributed by atoms with Gasteiger partial charge in [0.25, 0.3) is 5.91 Å². The van der Waals surface area contributed by atoms with Crippen molar-refractivity contribution in [2.75, 3.05) is 20.3 Å². The van der Waals surface area contributed by atoms with Crippen molar-refractivity contribution in [3.63, 3.8) is 0 Å². The Balaban J connectivity index is 1.98. The second-order valence-electron chi connectivity index (χ2n) is 6.39. The molecule has 1 aliphatic rings. The van der Waals surface area contributed by atoms with E-state index in [0.717, 1.165) is 25.7 Å². The van der Waals surface area contributed by atoms with Gasteiger partial charge in [-0.05, 0) is 31.4 Å². The van der Waals surface area contributed by atoms with E-state index in [1.54, 1.807) is 19.2 Å². The third-order valence-electron chi connectivity index (χ3n) is 4.48. The SMILES string of the molecule is CCCNC(=O)C1(NC(=O)COc2ccccc2OC)CCCCC1. The summed E-state index contributed by atoms with van der Waals surface area (Å²) < 4.78 is 10.8. The number of hydrogen-bond donors (Lipinski definition) is 2. The van der Waals surface area contributed by atoms with Crippen LogP contribution in [0.25, 0.3) is 0 Å². The van der Waals surface area contributed by atoms with Gasteiger partial charge in [-0.1, -0.05) is 38.3 Å². The first-order valence-electron chi connectivity index (χ1n) is 8.96. The van der Waals surface area contributed by atoms with Crippen LogP contribution in [0.3, 0.4) is 0 Å². The largest absolute Gasteiger partial charge is 0.493 e. The van der Waals surface area contributed by atoms with Gasteiger partial charge in [0.15, 0.2) is 18.1 Å². The Morgan fingerprint density at radius 3 is 2.44 bits per heavy atom. The van der Waals surface area contributed by atoms with E-state index in [1.807, 2.05) is 19.1 Å². The molecule has 1 aliphatic carbocycles. The Labute approximate surface area is 149 Å². The van der Waals surface area contributed by atoms with Crippen molar-refractivity contribution in [3.8, 4) is 11.5 Å². The molecule has 25 heavy (non-hydrogen) atoms. The van der Waals surface area contributed by atoms with Gasteiger partial charge >= 0.3 is 0 Å². The summed E-state index contributed by atoms with van der Waals surface area (Å²) in [4.78, 5) is 25.0. The predicted molar refractivity (Wildman–Crippen MR) is 95.7 cm³/mol. The minimum atomic E-state index is -0.811. The summed E-state index contributed by atoms with van der Waals surface area (Å²) >= 11 is 0. The number of hydrogen-bond acceptors (Lipinski definition) is 4. The van der Waals surface area contributed by atoms with E-state index in [1.165, 1.54) is 0 Å². The quantitative estimate of drug-likeness (QED) is 0.756. The monoisotopic (exact) mass is 348 g/mol. The first kappa shape index (κ1) is 19.1. The van der Waals surface area contributed by atoms with E-state index in [-0.39, 0.29) is 18.4 Å². The van der Waals surface area contributed by atoms with E-state index in [9.17, 15) is 9.59 Å². The lowest BCUT2D eigenvalue weighted by atomic mass is 9.80. The van der Waals surface area contributed by atoms with Crippen LogP contribution in [0.15, 0.2) is 24.3 Å². The van der Waals surface area contributed by atoms with Crippen LogP contribution in [0.4, 0.5) is 0 Å². The summed E-state index contributed by atoms with van der Waals surface area (Å²) in [5, 5.41) is 5.86. The number of para-hydroxylation sites is 2. The summed E-state index contributed by atoms with van der Waals surface area (Å²) in [5.41, 5.74) is -0.811. The predicted octanol–water partition coefficient (Wildman–Crippen LogP) is 2.42. The van der Waals surface area contributed by atoms with Gasteiger partial charge in [-0.25, -0.2) is 0 Å². The van der Waals surface area contributed by atoms with Crippen LogP contribution in [-0.4, -0.2) is 37.6 Å². The Bertz CT molecular complexity index is 583. The second kappa shape index (κ2) is 9.30. The second-order valence-corrected chi connectivity index (χ2v) is 6.39. The number of nitrogens with one attached hydrogen (secondary N) is 2. The Morgan fingerprint density at radius 1 is 1.12 bits per heavy atom. The molecule has 1 aromatic carbocycles. The van der Waals surface area contributed by atoms with Crippen molar-refractivity contribution >= 4 is 11.8 Å². The summed E-state index contributed by atoms with van der Waals surface area (Å²) in [6.45, 7) is 2.48. The molecule has 1 aromatic rings. The molecule has 6 heteroatoms. The van der Waals surface area contributed by atoms with Crippen LogP contribution < -0.4 is 20.1 Å². The van der Waals surface area contributed by atoms with Crippen LogP contribution in [0.5, 0.6) is 11.5 Å². The van der Waals surface area contributed by atoms with Crippen molar-refractivity contribution in [2.45, 2.75) is 51.0 Å². The van der Waals surface area contributed by atoms with Crippen molar-refractivity contribution in [1.82, 2.24) is 10.6 Å². The van der Waals surface area contributed by atoms with Gasteiger partial charge in [0.05, 0.1) is 7.11 Å². The van der Waals surface area contributed by atoms with Gasteiger partial charge < -0.3 is 20.1 Å². The van der Waals surface area contributed by atoms with Crippen LogP contribution in [0.2, 0.25) is 0 Å². The molecule has 0 aromatic heterocycles. The molecule has 0 saturated heterocycles. The topological polar surface area (TPSA) is 76.7 Å². The molecule has 1 saturated carbocycles. The molecule has 0 heterocycles. The van der Waals surface area contributed by atoms with E-state index < -0.39 is 5.54 Å². The van der Waals surface area contributed by atoms with Gasteiger partial charge in [0.1, 0.15) is 5.54 Å². The molecule has 0 unspecified atom stereocenters. The molecule has 0 atom stereocenters. The zero-order valence-corrected chi connectivity index (χ0v) is 15.1. The number of amides is 2. The lowest BCUT2D eigenvalue weighted by Gasteiger charge is -2.36. The van der Waals surface area contributed by atoms with Crippen LogP contribution in [-0.2, 0) is 9.59 Å². The fraction of sp³-hybridized carbons (Fsp3) is 0.579. The number of ether oxygens (including phenoxy) is 2. The molecule has 138 valence electrons. The highest BCUT2D eigenvalue weighted by atomic mass is 16.5. The van der Waals surface area contributed by atoms with Gasteiger partial charge in [-0.2, -0.15) is 0 Å². The molecule has 1 fully saturated rings. The Morgan fingerprint density at radius 2 is 1.80 bits per heavy atom. The van der Waals surface area contributed by atoms with E-state index in [0.29, 0.717) is 30.9 Å². The first-order valence-corrected chi connectivity index (χ1v) is 8.96. The van der Waals surface area contributed by atoms with E-state index in [4.69, 9.17) is 9.47 Å². The van der Waals surface area contributed by atoms with Crippen LogP contribution in [0, 0.1) is 0 Å². The molecule has 2 N–H and O–H groups in total. The van der Waals surface area contributed by atoms with Crippen LogP contribution in [0.1, 0.15) is 45.4 Å². The maximum absolute atomic E-state index is 12.6. The summed E-state index contributed by atoms with van der Waals surface area (Å²) in [6, 6.07) is 7.17. The molecule has 0 spiro atoms. The molecule has 0 bridgehead atoms. The zero-order chi connectivity index (χ0) is 18.1. The summed E-state index contributed by atoms with van der Waals surface area (Å²) in [7, 11) is 1.55. The molecule has 0 radical (unpaired) electrons. The minimum Gasteiger partial charge on any atom is -0.493 e. The standard InChI is InChI=1S/C19H28N2O4/c1-3-13-20-18(23)19(11-7-4-8-12-19)21-17(22)14-25-16-10-6-5-9-15(16)24-2/h5-6,9-10H,3-4,7-8,11-14H2,1-2H3,(H,20,23)(H,21,22). The molecular formula is C19H28N2O4. The number of methoxy groups -OCH3 is 1. The van der Waals surface area contributed by atoms with Gasteiger partial charge in [-0.3, -0.25) is 9.59 Å². The highest BCUT2D eigenvalue weighted by Crippen LogP contribution is 2.29. The molecule has 2 rings (SSSR count). The first-order chi connectivity index (χ1) is 12.1. The average Bonchev–Trinajstić information content (AvgIpc) is 2.65. The fourth-order valence-corrected chi connectivity index (χ4v) is 3.16. The highest BCUT2D eigenvalue weighted by Gasteiger charge is 2.40. The zero-order valence-electron chi connectivity index (χ0n) is 15.1. The third kappa shape index (κ3) is 5.11. The van der Waals surface area contributed by atoms with Crippen molar-refractivity contribution in [3.05, 3.63) is 24.3 Å².